The van der Waals surface area contributed by atoms with E-state index < -0.39 is 10.0 Å². The van der Waals surface area contributed by atoms with Gasteiger partial charge in [-0.05, 0) is 12.1 Å². The van der Waals surface area contributed by atoms with Crippen LogP contribution in [0.5, 0.6) is 0 Å². The quantitative estimate of drug-likeness (QED) is 0.819. The normalized spacial score (nSPS) is 11.8. The van der Waals surface area contributed by atoms with Gasteiger partial charge in [-0.25, -0.2) is 17.7 Å². The van der Waals surface area contributed by atoms with Gasteiger partial charge in [0.1, 0.15) is 4.90 Å². The number of sulfonamides is 1. The topological polar surface area (TPSA) is 88.3 Å². The number of thiazole rings is 1. The summed E-state index contributed by atoms with van der Waals surface area (Å²) in [6.45, 7) is 0.499. The molecule has 0 atom stereocenters. The largest absolute Gasteiger partial charge is 0.396 e. The van der Waals surface area contributed by atoms with Crippen LogP contribution in [0, 0.1) is 0 Å². The molecule has 0 saturated carbocycles. The van der Waals surface area contributed by atoms with E-state index in [1.807, 2.05) is 5.38 Å². The first-order valence-corrected chi connectivity index (χ1v) is 8.23. The SMILES string of the molecule is CN(C)S(=O)(=O)c1cccc(NCc2cscn2)c1N. The number of nitrogens with zero attached hydrogens (tertiary/aromatic N) is 2. The number of rotatable bonds is 5. The maximum atomic E-state index is 12.1. The summed E-state index contributed by atoms with van der Waals surface area (Å²) in [4.78, 5) is 4.25. The van der Waals surface area contributed by atoms with Crippen LogP contribution >= 0.6 is 11.3 Å². The molecule has 0 radical (unpaired) electrons. The van der Waals surface area contributed by atoms with Crippen molar-refractivity contribution >= 4 is 32.7 Å². The molecule has 8 heteroatoms. The number of nitrogens with one attached hydrogen (secondary N) is 1. The van der Waals surface area contributed by atoms with Crippen molar-refractivity contribution in [2.45, 2.75) is 11.4 Å². The summed E-state index contributed by atoms with van der Waals surface area (Å²) in [5.41, 5.74) is 9.39. The molecule has 0 aliphatic rings. The molecule has 0 bridgehead atoms. The van der Waals surface area contributed by atoms with E-state index in [0.29, 0.717) is 12.2 Å². The minimum atomic E-state index is -3.55. The third-order valence-corrected chi connectivity index (χ3v) is 5.28. The average molecular weight is 312 g/mol. The highest BCUT2D eigenvalue weighted by Crippen LogP contribution is 2.28. The second kappa shape index (κ2) is 5.78. The number of hydrogen-bond donors (Lipinski definition) is 2. The van der Waals surface area contributed by atoms with Crippen LogP contribution in [0.3, 0.4) is 0 Å². The Labute approximate surface area is 122 Å². The predicted molar refractivity (Wildman–Crippen MR) is 81.2 cm³/mol. The second-order valence-corrected chi connectivity index (χ2v) is 7.18. The van der Waals surface area contributed by atoms with Gasteiger partial charge < -0.3 is 11.1 Å². The van der Waals surface area contributed by atoms with Crippen LogP contribution in [0.2, 0.25) is 0 Å². The molecule has 0 amide bonds. The van der Waals surface area contributed by atoms with E-state index in [9.17, 15) is 8.42 Å². The number of anilines is 2. The lowest BCUT2D eigenvalue weighted by atomic mass is 10.2. The van der Waals surface area contributed by atoms with Gasteiger partial charge in [-0.1, -0.05) is 6.07 Å². The fourth-order valence-electron chi connectivity index (χ4n) is 1.63. The Bertz CT molecular complexity index is 681. The van der Waals surface area contributed by atoms with Crippen LogP contribution in [0.1, 0.15) is 5.69 Å². The van der Waals surface area contributed by atoms with Crippen LogP contribution in [-0.2, 0) is 16.6 Å². The van der Waals surface area contributed by atoms with Crippen molar-refractivity contribution < 1.29 is 8.42 Å². The Hall–Kier alpha value is -1.64. The highest BCUT2D eigenvalue weighted by atomic mass is 32.2. The molecule has 20 heavy (non-hydrogen) atoms. The van der Waals surface area contributed by atoms with Gasteiger partial charge in [-0.15, -0.1) is 11.3 Å². The Balaban J connectivity index is 2.28. The fraction of sp³-hybridized carbons (Fsp3) is 0.250. The van der Waals surface area contributed by atoms with Crippen molar-refractivity contribution in [1.29, 1.82) is 0 Å². The van der Waals surface area contributed by atoms with E-state index in [1.54, 1.807) is 17.6 Å². The fourth-order valence-corrected chi connectivity index (χ4v) is 3.22. The smallest absolute Gasteiger partial charge is 0.244 e. The molecule has 2 aromatic rings. The van der Waals surface area contributed by atoms with Crippen LogP contribution in [0.15, 0.2) is 34.0 Å². The van der Waals surface area contributed by atoms with Crippen molar-refractivity contribution in [3.05, 3.63) is 34.8 Å². The third-order valence-electron chi connectivity index (χ3n) is 2.77. The lowest BCUT2D eigenvalue weighted by molar-refractivity contribution is 0.521. The number of nitrogen functional groups attached to an aromatic ring is 1. The van der Waals surface area contributed by atoms with Gasteiger partial charge in [0.15, 0.2) is 0 Å². The molecule has 1 aromatic carbocycles. The molecule has 0 saturated heterocycles. The zero-order valence-corrected chi connectivity index (χ0v) is 12.8. The molecule has 0 unspecified atom stereocenters. The molecule has 0 spiro atoms. The minimum Gasteiger partial charge on any atom is -0.396 e. The van der Waals surface area contributed by atoms with Gasteiger partial charge in [0.2, 0.25) is 10.0 Å². The molecular formula is C12H16N4O2S2. The number of hydrogen-bond acceptors (Lipinski definition) is 6. The van der Waals surface area contributed by atoms with Crippen molar-refractivity contribution in [2.75, 3.05) is 25.1 Å². The van der Waals surface area contributed by atoms with E-state index in [-0.39, 0.29) is 10.6 Å². The van der Waals surface area contributed by atoms with Crippen LogP contribution in [0.4, 0.5) is 11.4 Å². The summed E-state index contributed by atoms with van der Waals surface area (Å²) >= 11 is 1.51. The van der Waals surface area contributed by atoms with Crippen molar-refractivity contribution in [3.8, 4) is 0 Å². The van der Waals surface area contributed by atoms with E-state index in [0.717, 1.165) is 10.00 Å². The zero-order chi connectivity index (χ0) is 14.8. The summed E-state index contributed by atoms with van der Waals surface area (Å²) in [7, 11) is -0.595. The third kappa shape index (κ3) is 2.92. The summed E-state index contributed by atoms with van der Waals surface area (Å²) in [6.07, 6.45) is 0. The number of para-hydroxylation sites is 1. The monoisotopic (exact) mass is 312 g/mol. The summed E-state index contributed by atoms with van der Waals surface area (Å²) in [5, 5.41) is 5.02. The molecule has 2 rings (SSSR count). The standard InChI is InChI=1S/C12H16N4O2S2/c1-16(2)20(17,18)11-5-3-4-10(12(11)13)14-6-9-7-19-8-15-9/h3-5,7-8,14H,6,13H2,1-2H3. The highest BCUT2D eigenvalue weighted by molar-refractivity contribution is 7.89. The Morgan fingerprint density at radius 1 is 1.40 bits per heavy atom. The van der Waals surface area contributed by atoms with Gasteiger partial charge in [0.25, 0.3) is 0 Å². The Kier molecular flexibility index (Phi) is 4.26. The molecule has 0 fully saturated rings. The van der Waals surface area contributed by atoms with Gasteiger partial charge in [-0.2, -0.15) is 0 Å². The van der Waals surface area contributed by atoms with Crippen molar-refractivity contribution in [2.24, 2.45) is 0 Å². The van der Waals surface area contributed by atoms with Crippen molar-refractivity contribution in [3.63, 3.8) is 0 Å². The molecule has 0 aliphatic carbocycles. The van der Waals surface area contributed by atoms with E-state index in [4.69, 9.17) is 5.73 Å². The molecule has 1 heterocycles. The molecular weight excluding hydrogens is 296 g/mol. The lowest BCUT2D eigenvalue weighted by Crippen LogP contribution is -2.23. The minimum absolute atomic E-state index is 0.103. The zero-order valence-electron chi connectivity index (χ0n) is 11.2. The number of benzene rings is 1. The van der Waals surface area contributed by atoms with Gasteiger partial charge >= 0.3 is 0 Å². The maximum Gasteiger partial charge on any atom is 0.244 e. The first-order valence-electron chi connectivity index (χ1n) is 5.85. The van der Waals surface area contributed by atoms with Crippen molar-refractivity contribution in [1.82, 2.24) is 9.29 Å². The van der Waals surface area contributed by atoms with Gasteiger partial charge in [0, 0.05) is 19.5 Å². The van der Waals surface area contributed by atoms with E-state index >= 15 is 0 Å². The highest BCUT2D eigenvalue weighted by Gasteiger charge is 2.21. The lowest BCUT2D eigenvalue weighted by Gasteiger charge is -2.16. The van der Waals surface area contributed by atoms with Gasteiger partial charge in [-0.3, -0.25) is 0 Å². The molecule has 1 aromatic heterocycles. The van der Waals surface area contributed by atoms with E-state index in [1.165, 1.54) is 31.5 Å². The van der Waals surface area contributed by atoms with Crippen LogP contribution in [0.25, 0.3) is 0 Å². The van der Waals surface area contributed by atoms with Gasteiger partial charge in [0.05, 0.1) is 29.1 Å². The molecule has 0 aliphatic heterocycles. The Morgan fingerprint density at radius 2 is 2.15 bits per heavy atom. The molecule has 6 nitrogen and oxygen atoms in total. The second-order valence-electron chi connectivity index (χ2n) is 4.34. The van der Waals surface area contributed by atoms with E-state index in [2.05, 4.69) is 10.3 Å². The number of aromatic nitrogens is 1. The summed E-state index contributed by atoms with van der Waals surface area (Å²) in [5.74, 6) is 0. The first-order chi connectivity index (χ1) is 9.43. The summed E-state index contributed by atoms with van der Waals surface area (Å²) in [6, 6.07) is 4.91. The molecule has 108 valence electrons. The van der Waals surface area contributed by atoms with Crippen LogP contribution < -0.4 is 11.1 Å². The summed E-state index contributed by atoms with van der Waals surface area (Å²) < 4.78 is 25.4. The number of nitrogens with two attached hydrogens (primary N) is 1. The first kappa shape index (κ1) is 14.8. The average Bonchev–Trinajstić information content (AvgIpc) is 2.90. The molecule has 3 N–H and O–H groups in total. The van der Waals surface area contributed by atoms with Crippen LogP contribution in [-0.4, -0.2) is 31.8 Å². The Morgan fingerprint density at radius 3 is 2.75 bits per heavy atom. The maximum absolute atomic E-state index is 12.1. The predicted octanol–water partition coefficient (Wildman–Crippen LogP) is 1.59.